The summed E-state index contributed by atoms with van der Waals surface area (Å²) in [6, 6.07) is 19.6. The Hall–Kier alpha value is -3.76. The van der Waals surface area contributed by atoms with Gasteiger partial charge in [0.2, 0.25) is 11.7 Å². The Morgan fingerprint density at radius 3 is 2.93 bits per heavy atom. The minimum Gasteiger partial charge on any atom is -0.347 e. The molecule has 0 aliphatic carbocycles. The predicted molar refractivity (Wildman–Crippen MR) is 105 cm³/mol. The average molecular weight is 382 g/mol. The molecule has 2 aromatic carbocycles. The van der Waals surface area contributed by atoms with Crippen molar-refractivity contribution in [2.75, 3.05) is 0 Å². The van der Waals surface area contributed by atoms with Gasteiger partial charge in [0, 0.05) is 25.1 Å². The van der Waals surface area contributed by atoms with Crippen LogP contribution in [-0.4, -0.2) is 25.0 Å². The SMILES string of the molecule is N#Cc1cccc(CN2Cc3[nH]cnc3C[C@H]2c2nc(-c3ccccc3)no2)c1. The van der Waals surface area contributed by atoms with Gasteiger partial charge in [0.05, 0.1) is 35.4 Å². The van der Waals surface area contributed by atoms with E-state index in [1.54, 1.807) is 6.33 Å². The number of nitriles is 1. The van der Waals surface area contributed by atoms with E-state index in [-0.39, 0.29) is 6.04 Å². The molecule has 3 heterocycles. The van der Waals surface area contributed by atoms with Crippen molar-refractivity contribution in [3.63, 3.8) is 0 Å². The lowest BCUT2D eigenvalue weighted by atomic mass is 10.0. The molecule has 0 unspecified atom stereocenters. The normalized spacial score (nSPS) is 16.3. The number of nitrogens with zero attached hydrogens (tertiary/aromatic N) is 5. The highest BCUT2D eigenvalue weighted by Gasteiger charge is 2.33. The van der Waals surface area contributed by atoms with Crippen molar-refractivity contribution in [1.82, 2.24) is 25.0 Å². The summed E-state index contributed by atoms with van der Waals surface area (Å²) in [5.74, 6) is 1.16. The first-order chi connectivity index (χ1) is 14.3. The van der Waals surface area contributed by atoms with Crippen molar-refractivity contribution in [3.05, 3.63) is 89.3 Å². The van der Waals surface area contributed by atoms with Crippen LogP contribution in [0.5, 0.6) is 0 Å². The molecule has 2 aromatic heterocycles. The summed E-state index contributed by atoms with van der Waals surface area (Å²) in [5, 5.41) is 13.4. The first-order valence-electron chi connectivity index (χ1n) is 9.43. The fourth-order valence-electron chi connectivity index (χ4n) is 3.75. The Bertz CT molecular complexity index is 1170. The Labute approximate surface area is 167 Å². The highest BCUT2D eigenvalue weighted by atomic mass is 16.5. The summed E-state index contributed by atoms with van der Waals surface area (Å²) >= 11 is 0. The molecular weight excluding hydrogens is 364 g/mol. The summed E-state index contributed by atoms with van der Waals surface area (Å²) < 4.78 is 5.67. The van der Waals surface area contributed by atoms with E-state index in [9.17, 15) is 5.26 Å². The van der Waals surface area contributed by atoms with Crippen molar-refractivity contribution < 1.29 is 4.52 Å². The standard InChI is InChI=1S/C22H18N6O/c23-11-15-5-4-6-16(9-15)12-28-13-19-18(24-14-25-19)10-20(28)22-26-21(27-29-22)17-7-2-1-3-8-17/h1-9,14,20H,10,12-13H2,(H,24,25)/t20-/m0/s1. The Morgan fingerprint density at radius 1 is 1.17 bits per heavy atom. The van der Waals surface area contributed by atoms with E-state index in [1.807, 2.05) is 54.6 Å². The van der Waals surface area contributed by atoms with Gasteiger partial charge >= 0.3 is 0 Å². The van der Waals surface area contributed by atoms with Crippen LogP contribution in [-0.2, 0) is 19.5 Å². The Balaban J connectivity index is 1.47. The van der Waals surface area contributed by atoms with Gasteiger partial charge in [0.15, 0.2) is 0 Å². The highest BCUT2D eigenvalue weighted by molar-refractivity contribution is 5.53. The number of fused-ring (bicyclic) bond motifs is 1. The number of rotatable bonds is 4. The van der Waals surface area contributed by atoms with Crippen LogP contribution in [0.4, 0.5) is 0 Å². The fraction of sp³-hybridized carbons (Fsp3) is 0.182. The molecule has 0 bridgehead atoms. The first kappa shape index (κ1) is 17.3. The second-order valence-electron chi connectivity index (χ2n) is 7.09. The van der Waals surface area contributed by atoms with Gasteiger partial charge in [0.25, 0.3) is 0 Å². The van der Waals surface area contributed by atoms with E-state index in [4.69, 9.17) is 4.52 Å². The zero-order chi connectivity index (χ0) is 19.6. The lowest BCUT2D eigenvalue weighted by molar-refractivity contribution is 0.128. The molecule has 1 aliphatic rings. The topological polar surface area (TPSA) is 94.6 Å². The van der Waals surface area contributed by atoms with Crippen LogP contribution < -0.4 is 0 Å². The number of aromatic nitrogens is 4. The van der Waals surface area contributed by atoms with Crippen LogP contribution in [0.25, 0.3) is 11.4 Å². The van der Waals surface area contributed by atoms with Crippen LogP contribution in [0.15, 0.2) is 65.4 Å². The molecule has 4 aromatic rings. The number of hydrogen-bond acceptors (Lipinski definition) is 6. The molecule has 5 rings (SSSR count). The van der Waals surface area contributed by atoms with Gasteiger partial charge < -0.3 is 9.51 Å². The molecule has 1 atom stereocenters. The van der Waals surface area contributed by atoms with Crippen LogP contribution in [0.1, 0.15) is 34.4 Å². The van der Waals surface area contributed by atoms with Gasteiger partial charge in [-0.2, -0.15) is 10.2 Å². The van der Waals surface area contributed by atoms with Crippen LogP contribution in [0.2, 0.25) is 0 Å². The maximum Gasteiger partial charge on any atom is 0.244 e. The van der Waals surface area contributed by atoms with Gasteiger partial charge in [-0.3, -0.25) is 4.90 Å². The van der Waals surface area contributed by atoms with Crippen LogP contribution in [0, 0.1) is 11.3 Å². The van der Waals surface area contributed by atoms with Gasteiger partial charge in [0.1, 0.15) is 0 Å². The van der Waals surface area contributed by atoms with Gasteiger partial charge in [-0.05, 0) is 17.7 Å². The Kier molecular flexibility index (Phi) is 4.39. The molecule has 29 heavy (non-hydrogen) atoms. The maximum absolute atomic E-state index is 9.20. The number of hydrogen-bond donors (Lipinski definition) is 1. The summed E-state index contributed by atoms with van der Waals surface area (Å²) in [5.41, 5.74) is 4.77. The van der Waals surface area contributed by atoms with Gasteiger partial charge in [-0.25, -0.2) is 4.98 Å². The third kappa shape index (κ3) is 3.42. The molecule has 0 spiro atoms. The molecule has 0 saturated carbocycles. The summed E-state index contributed by atoms with van der Waals surface area (Å²) in [7, 11) is 0. The molecule has 1 N–H and O–H groups in total. The largest absolute Gasteiger partial charge is 0.347 e. The van der Waals surface area contributed by atoms with Crippen molar-refractivity contribution in [2.24, 2.45) is 0 Å². The van der Waals surface area contributed by atoms with E-state index >= 15 is 0 Å². The van der Waals surface area contributed by atoms with E-state index in [0.29, 0.717) is 36.8 Å². The third-order valence-corrected chi connectivity index (χ3v) is 5.20. The summed E-state index contributed by atoms with van der Waals surface area (Å²) in [6.07, 6.45) is 2.41. The van der Waals surface area contributed by atoms with Crippen LogP contribution >= 0.6 is 0 Å². The zero-order valence-electron chi connectivity index (χ0n) is 15.6. The molecule has 0 saturated heterocycles. The van der Waals surface area contributed by atoms with Gasteiger partial charge in [-0.1, -0.05) is 47.6 Å². The minimum atomic E-state index is -0.0819. The zero-order valence-corrected chi connectivity index (χ0v) is 15.6. The number of benzene rings is 2. The van der Waals surface area contributed by atoms with E-state index in [0.717, 1.165) is 22.5 Å². The van der Waals surface area contributed by atoms with Crippen LogP contribution in [0.3, 0.4) is 0 Å². The lowest BCUT2D eigenvalue weighted by Crippen LogP contribution is -2.34. The van der Waals surface area contributed by atoms with E-state index in [2.05, 4.69) is 31.1 Å². The number of nitrogens with one attached hydrogen (secondary N) is 1. The third-order valence-electron chi connectivity index (χ3n) is 5.20. The second-order valence-corrected chi connectivity index (χ2v) is 7.09. The van der Waals surface area contributed by atoms with Gasteiger partial charge in [-0.15, -0.1) is 0 Å². The molecule has 142 valence electrons. The van der Waals surface area contributed by atoms with Crippen molar-refractivity contribution >= 4 is 0 Å². The summed E-state index contributed by atoms with van der Waals surface area (Å²) in [6.45, 7) is 1.36. The molecule has 1 aliphatic heterocycles. The van der Waals surface area contributed by atoms with Crippen molar-refractivity contribution in [3.8, 4) is 17.5 Å². The molecule has 7 heteroatoms. The molecular formula is C22H18N6O. The molecule has 0 fully saturated rings. The predicted octanol–water partition coefficient (Wildman–Crippen LogP) is 3.63. The summed E-state index contributed by atoms with van der Waals surface area (Å²) in [4.78, 5) is 14.6. The van der Waals surface area contributed by atoms with E-state index < -0.39 is 0 Å². The number of H-pyrrole nitrogens is 1. The maximum atomic E-state index is 9.20. The fourth-order valence-corrected chi connectivity index (χ4v) is 3.75. The lowest BCUT2D eigenvalue weighted by Gasteiger charge is -2.32. The quantitative estimate of drug-likeness (QED) is 0.579. The monoisotopic (exact) mass is 382 g/mol. The molecule has 0 amide bonds. The first-order valence-corrected chi connectivity index (χ1v) is 9.43. The minimum absolute atomic E-state index is 0.0819. The number of aromatic amines is 1. The van der Waals surface area contributed by atoms with E-state index in [1.165, 1.54) is 0 Å². The number of imidazole rings is 1. The smallest absolute Gasteiger partial charge is 0.244 e. The second kappa shape index (κ2) is 7.34. The molecule has 0 radical (unpaired) electrons. The highest BCUT2D eigenvalue weighted by Crippen LogP contribution is 2.33. The van der Waals surface area contributed by atoms with Crippen molar-refractivity contribution in [1.29, 1.82) is 5.26 Å². The Morgan fingerprint density at radius 2 is 2.07 bits per heavy atom. The molecule has 7 nitrogen and oxygen atoms in total. The average Bonchev–Trinajstić information content (AvgIpc) is 3.43. The van der Waals surface area contributed by atoms with Crippen molar-refractivity contribution in [2.45, 2.75) is 25.6 Å².